The highest BCUT2D eigenvalue weighted by molar-refractivity contribution is 6.04. The molecule has 3 heterocycles. The monoisotopic (exact) mass is 479 g/mol. The van der Waals surface area contributed by atoms with E-state index in [1.54, 1.807) is 18.6 Å². The van der Waals surface area contributed by atoms with Gasteiger partial charge in [-0.1, -0.05) is 12.0 Å². The summed E-state index contributed by atoms with van der Waals surface area (Å²) in [6.07, 6.45) is 9.24. The summed E-state index contributed by atoms with van der Waals surface area (Å²) in [4.78, 5) is 23.7. The molecule has 182 valence electrons. The molecule has 0 saturated carbocycles. The van der Waals surface area contributed by atoms with Crippen LogP contribution in [0.4, 0.5) is 5.69 Å². The zero-order chi connectivity index (χ0) is 25.1. The lowest BCUT2D eigenvalue weighted by Gasteiger charge is -2.29. The predicted molar refractivity (Wildman–Crippen MR) is 140 cm³/mol. The number of hydrogen-bond acceptors (Lipinski definition) is 5. The van der Waals surface area contributed by atoms with Crippen molar-refractivity contribution in [1.29, 1.82) is 0 Å². The number of nitrogens with zero attached hydrogens (tertiary/aromatic N) is 4. The van der Waals surface area contributed by atoms with Crippen LogP contribution >= 0.6 is 0 Å². The van der Waals surface area contributed by atoms with Crippen LogP contribution < -0.4 is 10.1 Å². The van der Waals surface area contributed by atoms with E-state index in [1.165, 1.54) is 0 Å². The summed E-state index contributed by atoms with van der Waals surface area (Å²) in [6.45, 7) is 6.10. The number of carbonyl (C=O) groups is 1. The van der Waals surface area contributed by atoms with Gasteiger partial charge in [-0.2, -0.15) is 0 Å². The lowest BCUT2D eigenvalue weighted by molar-refractivity contribution is 0.102. The number of imidazole rings is 1. The smallest absolute Gasteiger partial charge is 0.255 e. The summed E-state index contributed by atoms with van der Waals surface area (Å²) >= 11 is 0. The quantitative estimate of drug-likeness (QED) is 0.437. The molecular weight excluding hydrogens is 450 g/mol. The number of benzene rings is 2. The number of aryl methyl sites for hydroxylation is 2. The number of amides is 1. The highest BCUT2D eigenvalue weighted by Gasteiger charge is 2.19. The maximum Gasteiger partial charge on any atom is 0.255 e. The average Bonchev–Trinajstić information content (AvgIpc) is 3.29. The number of rotatable bonds is 4. The van der Waals surface area contributed by atoms with Crippen molar-refractivity contribution in [2.75, 3.05) is 25.5 Å². The number of ether oxygens (including phenoxy) is 1. The Balaban J connectivity index is 1.29. The van der Waals surface area contributed by atoms with Gasteiger partial charge in [0.1, 0.15) is 17.5 Å². The molecule has 7 heteroatoms. The van der Waals surface area contributed by atoms with E-state index in [-0.39, 0.29) is 12.0 Å². The molecule has 36 heavy (non-hydrogen) atoms. The maximum absolute atomic E-state index is 13.0. The third kappa shape index (κ3) is 5.24. The van der Waals surface area contributed by atoms with Crippen LogP contribution in [-0.2, 0) is 0 Å². The molecule has 0 unspecified atom stereocenters. The number of fused-ring (bicyclic) bond motifs is 1. The summed E-state index contributed by atoms with van der Waals surface area (Å²) < 4.78 is 8.11. The van der Waals surface area contributed by atoms with Crippen molar-refractivity contribution < 1.29 is 9.53 Å². The second-order valence-electron chi connectivity index (χ2n) is 9.28. The first-order valence-corrected chi connectivity index (χ1v) is 12.1. The molecule has 0 bridgehead atoms. The van der Waals surface area contributed by atoms with Crippen molar-refractivity contribution in [2.45, 2.75) is 32.8 Å². The first-order chi connectivity index (χ1) is 17.5. The molecule has 0 aliphatic carbocycles. The van der Waals surface area contributed by atoms with Crippen molar-refractivity contribution in [1.82, 2.24) is 19.3 Å². The predicted octanol–water partition coefficient (Wildman–Crippen LogP) is 4.47. The Bertz CT molecular complexity index is 1470. The van der Waals surface area contributed by atoms with Crippen LogP contribution in [0.2, 0.25) is 0 Å². The Morgan fingerprint density at radius 1 is 1.06 bits per heavy atom. The Kier molecular flexibility index (Phi) is 6.70. The SMILES string of the molecule is Cc1ccc(C(=O)Nc2ccc(OC3CCN(C)CC3)c(C)c2)cc1C#Cc1cnc2cnccn12. The van der Waals surface area contributed by atoms with Gasteiger partial charge < -0.3 is 15.0 Å². The topological polar surface area (TPSA) is 71.8 Å². The molecule has 0 atom stereocenters. The molecule has 1 aliphatic rings. The van der Waals surface area contributed by atoms with E-state index in [1.807, 2.05) is 60.8 Å². The molecule has 1 aliphatic heterocycles. The van der Waals surface area contributed by atoms with Gasteiger partial charge in [0.05, 0.1) is 12.4 Å². The Morgan fingerprint density at radius 2 is 1.89 bits per heavy atom. The third-order valence-electron chi connectivity index (χ3n) is 6.53. The number of aromatic nitrogens is 3. The fourth-order valence-electron chi connectivity index (χ4n) is 4.31. The number of carbonyl (C=O) groups excluding carboxylic acids is 1. The van der Waals surface area contributed by atoms with E-state index in [0.717, 1.165) is 65.4 Å². The number of hydrogen-bond donors (Lipinski definition) is 1. The van der Waals surface area contributed by atoms with Crippen LogP contribution in [0.3, 0.4) is 0 Å². The van der Waals surface area contributed by atoms with Gasteiger partial charge in [-0.25, -0.2) is 4.98 Å². The van der Waals surface area contributed by atoms with E-state index in [4.69, 9.17) is 4.74 Å². The second kappa shape index (κ2) is 10.2. The van der Waals surface area contributed by atoms with Crippen LogP contribution in [0.5, 0.6) is 5.75 Å². The molecular formula is C29H29N5O2. The fraction of sp³-hybridized carbons (Fsp3) is 0.276. The van der Waals surface area contributed by atoms with E-state index < -0.39 is 0 Å². The molecule has 1 saturated heterocycles. The number of anilines is 1. The number of nitrogens with one attached hydrogen (secondary N) is 1. The van der Waals surface area contributed by atoms with Gasteiger partial charge in [-0.3, -0.25) is 14.2 Å². The second-order valence-corrected chi connectivity index (χ2v) is 9.28. The van der Waals surface area contributed by atoms with E-state index in [0.29, 0.717) is 5.56 Å². The molecule has 5 rings (SSSR count). The van der Waals surface area contributed by atoms with E-state index >= 15 is 0 Å². The summed E-state index contributed by atoms with van der Waals surface area (Å²) in [7, 11) is 2.14. The van der Waals surface area contributed by atoms with Gasteiger partial charge in [-0.15, -0.1) is 0 Å². The van der Waals surface area contributed by atoms with E-state index in [2.05, 4.69) is 39.1 Å². The van der Waals surface area contributed by atoms with Crippen LogP contribution in [0.25, 0.3) is 5.65 Å². The Morgan fingerprint density at radius 3 is 2.69 bits per heavy atom. The highest BCUT2D eigenvalue weighted by atomic mass is 16.5. The first-order valence-electron chi connectivity index (χ1n) is 12.1. The molecule has 1 fully saturated rings. The Hall–Kier alpha value is -4.15. The van der Waals surface area contributed by atoms with Gasteiger partial charge in [0.25, 0.3) is 5.91 Å². The molecule has 4 aromatic rings. The summed E-state index contributed by atoms with van der Waals surface area (Å²) in [5, 5.41) is 3.01. The lowest BCUT2D eigenvalue weighted by atomic mass is 10.0. The van der Waals surface area contributed by atoms with E-state index in [9.17, 15) is 4.79 Å². The number of piperidine rings is 1. The minimum absolute atomic E-state index is 0.178. The summed E-state index contributed by atoms with van der Waals surface area (Å²) in [6, 6.07) is 11.4. The minimum Gasteiger partial charge on any atom is -0.490 e. The van der Waals surface area contributed by atoms with Gasteiger partial charge >= 0.3 is 0 Å². The molecule has 2 aromatic carbocycles. The molecule has 2 aromatic heterocycles. The first kappa shape index (κ1) is 23.6. The normalized spacial score (nSPS) is 14.3. The summed E-state index contributed by atoms with van der Waals surface area (Å²) in [5.74, 6) is 7.05. The molecule has 1 N–H and O–H groups in total. The summed E-state index contributed by atoms with van der Waals surface area (Å²) in [5.41, 5.74) is 5.60. The van der Waals surface area contributed by atoms with Crippen LogP contribution in [-0.4, -0.2) is 51.4 Å². The third-order valence-corrected chi connectivity index (χ3v) is 6.53. The zero-order valence-corrected chi connectivity index (χ0v) is 20.8. The highest BCUT2D eigenvalue weighted by Crippen LogP contribution is 2.26. The number of likely N-dealkylation sites (tertiary alicyclic amines) is 1. The fourth-order valence-corrected chi connectivity index (χ4v) is 4.31. The van der Waals surface area contributed by atoms with Crippen molar-refractivity contribution in [2.24, 2.45) is 0 Å². The molecule has 0 radical (unpaired) electrons. The zero-order valence-electron chi connectivity index (χ0n) is 20.8. The van der Waals surface area contributed by atoms with Crippen molar-refractivity contribution in [3.63, 3.8) is 0 Å². The van der Waals surface area contributed by atoms with Crippen LogP contribution in [0.1, 0.15) is 45.6 Å². The lowest BCUT2D eigenvalue weighted by Crippen LogP contribution is -2.35. The van der Waals surface area contributed by atoms with Crippen LogP contribution in [0, 0.1) is 25.7 Å². The van der Waals surface area contributed by atoms with Gasteiger partial charge in [0, 0.05) is 42.3 Å². The van der Waals surface area contributed by atoms with Gasteiger partial charge in [-0.05, 0) is 81.1 Å². The van der Waals surface area contributed by atoms with Crippen molar-refractivity contribution >= 4 is 17.2 Å². The average molecular weight is 480 g/mol. The van der Waals surface area contributed by atoms with Gasteiger partial charge in [0.15, 0.2) is 5.65 Å². The standard InChI is InChI=1S/C29H29N5O2/c1-20-4-5-23(17-22(20)6-8-25-18-31-28-19-30-12-15-34(25)28)29(35)32-24-7-9-27(21(2)16-24)36-26-10-13-33(3)14-11-26/h4-5,7,9,12,15-19,26H,10-11,13-14H2,1-3H3,(H,32,35). The van der Waals surface area contributed by atoms with Gasteiger partial charge in [0.2, 0.25) is 0 Å². The molecule has 0 spiro atoms. The Labute approximate surface area is 211 Å². The van der Waals surface area contributed by atoms with Crippen molar-refractivity contribution in [3.8, 4) is 17.6 Å². The minimum atomic E-state index is -0.178. The molecule has 1 amide bonds. The van der Waals surface area contributed by atoms with Crippen molar-refractivity contribution in [3.05, 3.63) is 89.1 Å². The molecule has 7 nitrogen and oxygen atoms in total. The maximum atomic E-state index is 13.0. The largest absolute Gasteiger partial charge is 0.490 e. The van der Waals surface area contributed by atoms with Crippen LogP contribution in [0.15, 0.2) is 61.2 Å².